The maximum absolute atomic E-state index is 9.10. The standard InChI is InChI=1S/C7H12N4.2C2H2O4/c1-5(8)6(9)7-10-3-2-4-11-7;2*3-1(4)2(5)6/h2-6H,8-9H2,1H3;2*(H,3,4)(H,5,6). The summed E-state index contributed by atoms with van der Waals surface area (Å²) in [5.41, 5.74) is 11.3. The highest BCUT2D eigenvalue weighted by Crippen LogP contribution is 2.04. The van der Waals surface area contributed by atoms with Gasteiger partial charge in [-0.2, -0.15) is 0 Å². The van der Waals surface area contributed by atoms with E-state index in [1.807, 2.05) is 6.92 Å². The molecule has 2 unspecified atom stereocenters. The average molecular weight is 332 g/mol. The fourth-order valence-corrected chi connectivity index (χ4v) is 0.718. The molecule has 0 saturated heterocycles. The monoisotopic (exact) mass is 332 g/mol. The van der Waals surface area contributed by atoms with Crippen molar-refractivity contribution in [3.05, 3.63) is 24.3 Å². The molecule has 0 aliphatic heterocycles. The Kier molecular flexibility index (Phi) is 11.1. The van der Waals surface area contributed by atoms with Gasteiger partial charge in [0.1, 0.15) is 5.82 Å². The van der Waals surface area contributed by atoms with E-state index in [9.17, 15) is 0 Å². The van der Waals surface area contributed by atoms with Crippen LogP contribution in [0.5, 0.6) is 0 Å². The molecule has 1 heterocycles. The maximum Gasteiger partial charge on any atom is 0.414 e. The van der Waals surface area contributed by atoms with E-state index in [1.54, 1.807) is 18.5 Å². The Balaban J connectivity index is 0. The SMILES string of the molecule is CC(N)C(N)c1ncccn1.O=C(O)C(=O)O.O=C(O)C(=O)O. The maximum atomic E-state index is 9.10. The van der Waals surface area contributed by atoms with Gasteiger partial charge in [0, 0.05) is 18.4 Å². The third-order valence-corrected chi connectivity index (χ3v) is 1.82. The molecule has 0 saturated carbocycles. The highest BCUT2D eigenvalue weighted by atomic mass is 16.4. The van der Waals surface area contributed by atoms with E-state index < -0.39 is 23.9 Å². The molecule has 8 N–H and O–H groups in total. The van der Waals surface area contributed by atoms with E-state index in [4.69, 9.17) is 51.1 Å². The van der Waals surface area contributed by atoms with Crippen LogP contribution in [0.15, 0.2) is 18.5 Å². The minimum absolute atomic E-state index is 0.114. The van der Waals surface area contributed by atoms with Gasteiger partial charge in [-0.25, -0.2) is 29.1 Å². The summed E-state index contributed by atoms with van der Waals surface area (Å²) in [4.78, 5) is 44.4. The second-order valence-corrected chi connectivity index (χ2v) is 3.71. The molecule has 0 aromatic carbocycles. The molecule has 0 aliphatic carbocycles. The summed E-state index contributed by atoms with van der Waals surface area (Å²) >= 11 is 0. The van der Waals surface area contributed by atoms with Crippen LogP contribution in [0, 0.1) is 0 Å². The van der Waals surface area contributed by atoms with Gasteiger partial charge >= 0.3 is 23.9 Å². The molecule has 0 radical (unpaired) electrons. The van der Waals surface area contributed by atoms with E-state index in [-0.39, 0.29) is 12.1 Å². The topological polar surface area (TPSA) is 227 Å². The molecule has 1 rings (SSSR count). The summed E-state index contributed by atoms with van der Waals surface area (Å²) in [6, 6.07) is 1.37. The summed E-state index contributed by atoms with van der Waals surface area (Å²) in [5, 5.41) is 29.6. The lowest BCUT2D eigenvalue weighted by Gasteiger charge is -2.12. The number of carboxylic acid groups (broad SMARTS) is 4. The van der Waals surface area contributed by atoms with E-state index in [0.717, 1.165) is 0 Å². The summed E-state index contributed by atoms with van der Waals surface area (Å²) in [6.07, 6.45) is 3.31. The zero-order valence-electron chi connectivity index (χ0n) is 11.9. The van der Waals surface area contributed by atoms with Crippen molar-refractivity contribution < 1.29 is 39.6 Å². The Hall–Kier alpha value is -3.12. The van der Waals surface area contributed by atoms with Crippen LogP contribution < -0.4 is 11.5 Å². The molecule has 1 aromatic heterocycles. The van der Waals surface area contributed by atoms with E-state index >= 15 is 0 Å². The third-order valence-electron chi connectivity index (χ3n) is 1.82. The van der Waals surface area contributed by atoms with Crippen LogP contribution in [0.4, 0.5) is 0 Å². The third kappa shape index (κ3) is 12.3. The Morgan fingerprint density at radius 2 is 1.17 bits per heavy atom. The van der Waals surface area contributed by atoms with Crippen molar-refractivity contribution in [3.63, 3.8) is 0 Å². The van der Waals surface area contributed by atoms with Crippen LogP contribution in [0.1, 0.15) is 18.8 Å². The van der Waals surface area contributed by atoms with Crippen molar-refractivity contribution in [1.29, 1.82) is 0 Å². The van der Waals surface area contributed by atoms with Crippen LogP contribution in [0.2, 0.25) is 0 Å². The molecule has 0 amide bonds. The molecule has 23 heavy (non-hydrogen) atoms. The van der Waals surface area contributed by atoms with Gasteiger partial charge in [0.25, 0.3) is 0 Å². The molecule has 128 valence electrons. The van der Waals surface area contributed by atoms with E-state index in [0.29, 0.717) is 5.82 Å². The minimum Gasteiger partial charge on any atom is -0.473 e. The number of aliphatic carboxylic acids is 4. The Morgan fingerprint density at radius 1 is 0.870 bits per heavy atom. The van der Waals surface area contributed by atoms with E-state index in [1.165, 1.54) is 0 Å². The number of nitrogens with two attached hydrogens (primary N) is 2. The molecule has 0 aliphatic rings. The van der Waals surface area contributed by atoms with Gasteiger partial charge in [0.2, 0.25) is 0 Å². The van der Waals surface area contributed by atoms with Gasteiger partial charge in [-0.1, -0.05) is 0 Å². The number of carboxylic acids is 4. The largest absolute Gasteiger partial charge is 0.473 e. The first-order valence-electron chi connectivity index (χ1n) is 5.71. The molecular weight excluding hydrogens is 316 g/mol. The number of nitrogens with zero attached hydrogens (tertiary/aromatic N) is 2. The normalized spacial score (nSPS) is 11.4. The number of rotatable bonds is 2. The second kappa shape index (κ2) is 11.5. The zero-order valence-corrected chi connectivity index (χ0v) is 11.9. The Labute approximate surface area is 129 Å². The van der Waals surface area contributed by atoms with Crippen molar-refractivity contribution in [1.82, 2.24) is 9.97 Å². The predicted molar refractivity (Wildman–Crippen MR) is 73.2 cm³/mol. The highest BCUT2D eigenvalue weighted by Gasteiger charge is 2.12. The number of hydrogen-bond acceptors (Lipinski definition) is 8. The summed E-state index contributed by atoms with van der Waals surface area (Å²) < 4.78 is 0. The molecule has 1 aromatic rings. The molecular formula is C11H16N4O8. The van der Waals surface area contributed by atoms with Crippen LogP contribution in [-0.2, 0) is 19.2 Å². The average Bonchev–Trinajstić information content (AvgIpc) is 2.48. The fourth-order valence-electron chi connectivity index (χ4n) is 0.718. The summed E-state index contributed by atoms with van der Waals surface area (Å²) in [5.74, 6) is -6.70. The predicted octanol–water partition coefficient (Wildman–Crippen LogP) is -1.87. The molecule has 0 spiro atoms. The quantitative estimate of drug-likeness (QED) is 0.327. The van der Waals surface area contributed by atoms with Crippen LogP contribution in [0.3, 0.4) is 0 Å². The van der Waals surface area contributed by atoms with Gasteiger partial charge in [0.15, 0.2) is 0 Å². The van der Waals surface area contributed by atoms with Crippen molar-refractivity contribution in [3.8, 4) is 0 Å². The minimum atomic E-state index is -1.82. The number of hydrogen-bond donors (Lipinski definition) is 6. The lowest BCUT2D eigenvalue weighted by molar-refractivity contribution is -0.159. The highest BCUT2D eigenvalue weighted by molar-refractivity contribution is 6.27. The van der Waals surface area contributed by atoms with Crippen molar-refractivity contribution in [2.75, 3.05) is 0 Å². The molecule has 0 bridgehead atoms. The van der Waals surface area contributed by atoms with Gasteiger partial charge in [-0.05, 0) is 13.0 Å². The molecule has 12 heteroatoms. The smallest absolute Gasteiger partial charge is 0.414 e. The van der Waals surface area contributed by atoms with E-state index in [2.05, 4.69) is 9.97 Å². The first-order valence-corrected chi connectivity index (χ1v) is 5.71. The fraction of sp³-hybridized carbons (Fsp3) is 0.273. The van der Waals surface area contributed by atoms with Crippen molar-refractivity contribution >= 4 is 23.9 Å². The lowest BCUT2D eigenvalue weighted by atomic mass is 10.1. The van der Waals surface area contributed by atoms with Gasteiger partial charge in [-0.3, -0.25) is 0 Å². The number of aromatic nitrogens is 2. The zero-order chi connectivity index (χ0) is 18.6. The summed E-state index contributed by atoms with van der Waals surface area (Å²) in [7, 11) is 0. The Bertz CT molecular complexity index is 486. The van der Waals surface area contributed by atoms with Crippen LogP contribution in [0.25, 0.3) is 0 Å². The van der Waals surface area contributed by atoms with Crippen molar-refractivity contribution in [2.45, 2.75) is 19.0 Å². The van der Waals surface area contributed by atoms with Gasteiger partial charge in [0.05, 0.1) is 6.04 Å². The second-order valence-electron chi connectivity index (χ2n) is 3.71. The number of carbonyl (C=O) groups is 4. The molecule has 2 atom stereocenters. The molecule has 0 fully saturated rings. The Morgan fingerprint density at radius 3 is 1.39 bits per heavy atom. The van der Waals surface area contributed by atoms with Crippen LogP contribution >= 0.6 is 0 Å². The van der Waals surface area contributed by atoms with Gasteiger partial charge in [-0.15, -0.1) is 0 Å². The van der Waals surface area contributed by atoms with Crippen LogP contribution in [-0.4, -0.2) is 60.3 Å². The van der Waals surface area contributed by atoms with Crippen molar-refractivity contribution in [2.24, 2.45) is 11.5 Å². The lowest BCUT2D eigenvalue weighted by Crippen LogP contribution is -2.32. The summed E-state index contributed by atoms with van der Waals surface area (Å²) in [6.45, 7) is 1.83. The first kappa shape index (κ1) is 22.2. The first-order chi connectivity index (χ1) is 10.5. The molecule has 12 nitrogen and oxygen atoms in total. The van der Waals surface area contributed by atoms with Gasteiger partial charge < -0.3 is 31.9 Å².